The minimum atomic E-state index is -0.00193. The van der Waals surface area contributed by atoms with Gasteiger partial charge in [0.2, 0.25) is 0 Å². The molecule has 2 atom stereocenters. The van der Waals surface area contributed by atoms with Crippen molar-refractivity contribution in [3.8, 4) is 11.5 Å². The molecule has 2 unspecified atom stereocenters. The van der Waals surface area contributed by atoms with Crippen molar-refractivity contribution in [1.82, 2.24) is 20.0 Å². The summed E-state index contributed by atoms with van der Waals surface area (Å²) in [5.41, 5.74) is 2.10. The van der Waals surface area contributed by atoms with Crippen molar-refractivity contribution in [1.29, 1.82) is 0 Å². The number of likely N-dealkylation sites (tertiary alicyclic amines) is 1. The van der Waals surface area contributed by atoms with Crippen molar-refractivity contribution in [2.45, 2.75) is 32.4 Å². The molecule has 2 fully saturated rings. The molecule has 166 valence electrons. The van der Waals surface area contributed by atoms with Crippen molar-refractivity contribution in [3.05, 3.63) is 77.1 Å². The predicted octanol–water partition coefficient (Wildman–Crippen LogP) is 5.11. The second-order valence-electron chi connectivity index (χ2n) is 8.86. The van der Waals surface area contributed by atoms with E-state index in [-0.39, 0.29) is 6.03 Å². The lowest BCUT2D eigenvalue weighted by Gasteiger charge is -2.19. The highest BCUT2D eigenvalue weighted by Crippen LogP contribution is 2.38. The number of aromatic nitrogens is 2. The maximum atomic E-state index is 12.6. The number of benzene rings is 2. The van der Waals surface area contributed by atoms with E-state index in [4.69, 9.17) is 16.3 Å². The zero-order valence-corrected chi connectivity index (χ0v) is 18.8. The fourth-order valence-electron chi connectivity index (χ4n) is 4.87. The molecule has 32 heavy (non-hydrogen) atoms. The van der Waals surface area contributed by atoms with Gasteiger partial charge >= 0.3 is 6.03 Å². The normalized spacial score (nSPS) is 22.2. The Hall–Kier alpha value is -2.83. The summed E-state index contributed by atoms with van der Waals surface area (Å²) < 4.78 is 7.33. The molecule has 5 rings (SSSR count). The van der Waals surface area contributed by atoms with Gasteiger partial charge in [-0.3, -0.25) is 0 Å². The molecule has 1 aliphatic carbocycles. The third-order valence-electron chi connectivity index (χ3n) is 6.51. The second-order valence-corrected chi connectivity index (χ2v) is 9.30. The first kappa shape index (κ1) is 21.0. The first-order chi connectivity index (χ1) is 15.5. The predicted molar refractivity (Wildman–Crippen MR) is 124 cm³/mol. The van der Waals surface area contributed by atoms with E-state index >= 15 is 0 Å². The molecule has 3 aromatic rings. The lowest BCUT2D eigenvalue weighted by Crippen LogP contribution is -2.35. The van der Waals surface area contributed by atoms with Gasteiger partial charge in [-0.05, 0) is 79.6 Å². The van der Waals surface area contributed by atoms with E-state index in [1.54, 1.807) is 6.20 Å². The molecule has 2 heterocycles. The summed E-state index contributed by atoms with van der Waals surface area (Å²) in [6.07, 6.45) is 3.98. The monoisotopic (exact) mass is 450 g/mol. The zero-order valence-electron chi connectivity index (χ0n) is 18.1. The number of nitrogens with one attached hydrogen (secondary N) is 1. The molecular weight excluding hydrogens is 424 g/mol. The van der Waals surface area contributed by atoms with E-state index in [0.29, 0.717) is 22.9 Å². The summed E-state index contributed by atoms with van der Waals surface area (Å²) in [5.74, 6) is 2.73. The number of halogens is 1. The van der Waals surface area contributed by atoms with Gasteiger partial charge in [0.25, 0.3) is 0 Å². The second kappa shape index (κ2) is 8.96. The van der Waals surface area contributed by atoms with Crippen LogP contribution in [-0.4, -0.2) is 39.8 Å². The quantitative estimate of drug-likeness (QED) is 0.587. The van der Waals surface area contributed by atoms with E-state index in [0.717, 1.165) is 49.7 Å². The largest absolute Gasteiger partial charge is 0.457 e. The zero-order chi connectivity index (χ0) is 22.1. The summed E-state index contributed by atoms with van der Waals surface area (Å²) in [7, 11) is 0. The van der Waals surface area contributed by atoms with Crippen LogP contribution in [0, 0.1) is 18.8 Å². The van der Waals surface area contributed by atoms with Gasteiger partial charge in [0.1, 0.15) is 11.5 Å². The van der Waals surface area contributed by atoms with Gasteiger partial charge in [-0.1, -0.05) is 23.7 Å². The van der Waals surface area contributed by atoms with Crippen molar-refractivity contribution in [3.63, 3.8) is 0 Å². The summed E-state index contributed by atoms with van der Waals surface area (Å²) in [6, 6.07) is 17.9. The maximum Gasteiger partial charge on any atom is 0.344 e. The van der Waals surface area contributed by atoms with Gasteiger partial charge < -0.3 is 15.0 Å². The van der Waals surface area contributed by atoms with Crippen molar-refractivity contribution in [2.75, 3.05) is 13.1 Å². The molecule has 0 bridgehead atoms. The van der Waals surface area contributed by atoms with Gasteiger partial charge in [-0.25, -0.2) is 4.79 Å². The molecule has 1 saturated heterocycles. The number of nitrogens with zero attached hydrogens (tertiary/aromatic N) is 3. The molecule has 2 aromatic carbocycles. The van der Waals surface area contributed by atoms with Crippen molar-refractivity contribution in [2.24, 2.45) is 11.8 Å². The van der Waals surface area contributed by atoms with Crippen LogP contribution in [-0.2, 0) is 6.54 Å². The van der Waals surface area contributed by atoms with Crippen LogP contribution in [0.15, 0.2) is 60.8 Å². The van der Waals surface area contributed by atoms with Gasteiger partial charge in [-0.15, -0.1) is 0 Å². The highest BCUT2D eigenvalue weighted by molar-refractivity contribution is 6.30. The van der Waals surface area contributed by atoms with E-state index in [9.17, 15) is 4.79 Å². The lowest BCUT2D eigenvalue weighted by atomic mass is 10.0. The highest BCUT2D eigenvalue weighted by atomic mass is 35.5. The van der Waals surface area contributed by atoms with Crippen LogP contribution in [0.2, 0.25) is 5.02 Å². The number of fused-ring (bicyclic) bond motifs is 1. The SMILES string of the molecule is Cc1ccn(C(=O)N2CC3CC(NCc4ccc(Oc5ccc(Cl)cc5)cc4)CC3C2)n1. The fourth-order valence-corrected chi connectivity index (χ4v) is 4.99. The average molecular weight is 451 g/mol. The van der Waals surface area contributed by atoms with E-state index in [1.165, 1.54) is 10.2 Å². The molecule has 1 N–H and O–H groups in total. The molecule has 2 aliphatic rings. The number of carbonyl (C=O) groups excluding carboxylic acids is 1. The van der Waals surface area contributed by atoms with E-state index in [1.807, 2.05) is 54.3 Å². The van der Waals surface area contributed by atoms with Crippen LogP contribution >= 0.6 is 11.6 Å². The Morgan fingerprint density at radius 2 is 1.66 bits per heavy atom. The molecular formula is C25H27ClN4O2. The number of aryl methyl sites for hydroxylation is 1. The minimum absolute atomic E-state index is 0.00193. The van der Waals surface area contributed by atoms with E-state index in [2.05, 4.69) is 22.5 Å². The van der Waals surface area contributed by atoms with Crippen LogP contribution in [0.1, 0.15) is 24.1 Å². The smallest absolute Gasteiger partial charge is 0.344 e. The van der Waals surface area contributed by atoms with Gasteiger partial charge in [-0.2, -0.15) is 9.78 Å². The number of amides is 1. The number of carbonyl (C=O) groups is 1. The van der Waals surface area contributed by atoms with Crippen LogP contribution in [0.4, 0.5) is 4.79 Å². The van der Waals surface area contributed by atoms with Crippen LogP contribution in [0.5, 0.6) is 11.5 Å². The maximum absolute atomic E-state index is 12.6. The Bertz CT molecular complexity index is 1070. The Morgan fingerprint density at radius 3 is 2.25 bits per heavy atom. The number of ether oxygens (including phenoxy) is 1. The molecule has 1 amide bonds. The van der Waals surface area contributed by atoms with Crippen LogP contribution in [0.25, 0.3) is 0 Å². The van der Waals surface area contributed by atoms with E-state index < -0.39 is 0 Å². The van der Waals surface area contributed by atoms with Crippen molar-refractivity contribution >= 4 is 17.6 Å². The molecule has 7 heteroatoms. The molecule has 0 spiro atoms. The highest BCUT2D eigenvalue weighted by Gasteiger charge is 2.42. The Kier molecular flexibility index (Phi) is 5.89. The third-order valence-corrected chi connectivity index (χ3v) is 6.76. The molecule has 1 aromatic heterocycles. The number of hydrogen-bond acceptors (Lipinski definition) is 4. The molecule has 1 saturated carbocycles. The number of rotatable bonds is 5. The third kappa shape index (κ3) is 4.66. The first-order valence-electron chi connectivity index (χ1n) is 11.1. The number of hydrogen-bond donors (Lipinski definition) is 1. The summed E-state index contributed by atoms with van der Waals surface area (Å²) >= 11 is 5.92. The first-order valence-corrected chi connectivity index (χ1v) is 11.5. The van der Waals surface area contributed by atoms with Gasteiger partial charge in [0, 0.05) is 36.9 Å². The average Bonchev–Trinajstić information content (AvgIpc) is 3.49. The van der Waals surface area contributed by atoms with Crippen molar-refractivity contribution < 1.29 is 9.53 Å². The molecule has 6 nitrogen and oxygen atoms in total. The summed E-state index contributed by atoms with van der Waals surface area (Å²) in [4.78, 5) is 14.6. The standard InChI is InChI=1S/C25H27ClN4O2/c1-17-10-11-30(28-17)25(31)29-15-19-12-22(13-20(19)16-29)27-14-18-2-6-23(7-3-18)32-24-8-4-21(26)5-9-24/h2-11,19-20,22,27H,12-16H2,1H3. The lowest BCUT2D eigenvalue weighted by molar-refractivity contribution is 0.202. The minimum Gasteiger partial charge on any atom is -0.457 e. The van der Waals surface area contributed by atoms with Gasteiger partial charge in [0.05, 0.1) is 5.69 Å². The Balaban J connectivity index is 1.09. The summed E-state index contributed by atoms with van der Waals surface area (Å²) in [6.45, 7) is 4.40. The topological polar surface area (TPSA) is 59.4 Å². The fraction of sp³-hybridized carbons (Fsp3) is 0.360. The van der Waals surface area contributed by atoms with Gasteiger partial charge in [0.15, 0.2) is 0 Å². The van der Waals surface area contributed by atoms with Crippen LogP contribution < -0.4 is 10.1 Å². The molecule has 0 radical (unpaired) electrons. The Labute approximate surface area is 193 Å². The molecule has 1 aliphatic heterocycles. The van der Waals surface area contributed by atoms with Crippen LogP contribution in [0.3, 0.4) is 0 Å². The Morgan fingerprint density at radius 1 is 1.03 bits per heavy atom. The summed E-state index contributed by atoms with van der Waals surface area (Å²) in [5, 5.41) is 8.66.